The van der Waals surface area contributed by atoms with Crippen LogP contribution in [0.1, 0.15) is 12.8 Å². The summed E-state index contributed by atoms with van der Waals surface area (Å²) >= 11 is 1.73. The lowest BCUT2D eigenvalue weighted by molar-refractivity contribution is 0.129. The molecular weight excluding hydrogens is 260 g/mol. The Labute approximate surface area is 114 Å². The minimum atomic E-state index is 0.367. The number of H-pyrrole nitrogens is 1. The molecule has 0 aliphatic carbocycles. The SMILES string of the molecule is c1ccc2c(c1)nc1[nH]nc(SC[C@H]3CCCO3)n12. The van der Waals surface area contributed by atoms with E-state index in [1.165, 1.54) is 6.42 Å². The normalized spacial score (nSPS) is 19.7. The average molecular weight is 274 g/mol. The maximum Gasteiger partial charge on any atom is 0.231 e. The molecule has 0 radical (unpaired) electrons. The van der Waals surface area contributed by atoms with E-state index in [0.717, 1.165) is 40.7 Å². The molecular formula is C13H14N4OS. The van der Waals surface area contributed by atoms with Gasteiger partial charge in [0.15, 0.2) is 5.16 Å². The van der Waals surface area contributed by atoms with Gasteiger partial charge in [-0.05, 0) is 25.0 Å². The van der Waals surface area contributed by atoms with Gasteiger partial charge in [-0.25, -0.2) is 10.1 Å². The number of hydrogen-bond acceptors (Lipinski definition) is 4. The lowest BCUT2D eigenvalue weighted by Gasteiger charge is -2.06. The summed E-state index contributed by atoms with van der Waals surface area (Å²) in [4.78, 5) is 4.52. The van der Waals surface area contributed by atoms with Crippen LogP contribution < -0.4 is 0 Å². The summed E-state index contributed by atoms with van der Waals surface area (Å²) in [5.74, 6) is 1.75. The van der Waals surface area contributed by atoms with Crippen LogP contribution in [0.5, 0.6) is 0 Å². The highest BCUT2D eigenvalue weighted by Crippen LogP contribution is 2.25. The zero-order valence-corrected chi connectivity index (χ0v) is 11.2. The van der Waals surface area contributed by atoms with Crippen molar-refractivity contribution in [2.75, 3.05) is 12.4 Å². The van der Waals surface area contributed by atoms with E-state index in [9.17, 15) is 0 Å². The van der Waals surface area contributed by atoms with Gasteiger partial charge in [0.2, 0.25) is 5.78 Å². The lowest BCUT2D eigenvalue weighted by atomic mass is 10.3. The fourth-order valence-electron chi connectivity index (χ4n) is 2.48. The van der Waals surface area contributed by atoms with E-state index in [1.54, 1.807) is 11.8 Å². The summed E-state index contributed by atoms with van der Waals surface area (Å²) in [5.41, 5.74) is 2.09. The average Bonchev–Trinajstić information content (AvgIpc) is 3.13. The van der Waals surface area contributed by atoms with Gasteiger partial charge in [-0.15, -0.1) is 5.10 Å². The van der Waals surface area contributed by atoms with Crippen LogP contribution in [-0.2, 0) is 4.74 Å². The molecule has 1 aliphatic rings. The van der Waals surface area contributed by atoms with E-state index < -0.39 is 0 Å². The van der Waals surface area contributed by atoms with Crippen molar-refractivity contribution in [1.82, 2.24) is 19.6 Å². The minimum Gasteiger partial charge on any atom is -0.377 e. The minimum absolute atomic E-state index is 0.367. The summed E-state index contributed by atoms with van der Waals surface area (Å²) in [6, 6.07) is 8.12. The number of rotatable bonds is 3. The number of aromatic nitrogens is 4. The Hall–Kier alpha value is -1.53. The molecule has 3 heterocycles. The molecule has 5 nitrogen and oxygen atoms in total. The Morgan fingerprint density at radius 2 is 2.37 bits per heavy atom. The number of hydrogen-bond donors (Lipinski definition) is 1. The number of para-hydroxylation sites is 2. The van der Waals surface area contributed by atoms with E-state index >= 15 is 0 Å². The number of benzene rings is 1. The van der Waals surface area contributed by atoms with Crippen LogP contribution in [0.25, 0.3) is 16.8 Å². The van der Waals surface area contributed by atoms with Gasteiger partial charge in [0.05, 0.1) is 17.1 Å². The van der Waals surface area contributed by atoms with Gasteiger partial charge in [0.25, 0.3) is 0 Å². The number of fused-ring (bicyclic) bond motifs is 3. The summed E-state index contributed by atoms with van der Waals surface area (Å²) in [6.45, 7) is 0.898. The number of aromatic amines is 1. The maximum atomic E-state index is 5.65. The highest BCUT2D eigenvalue weighted by molar-refractivity contribution is 7.99. The largest absolute Gasteiger partial charge is 0.377 e. The van der Waals surface area contributed by atoms with Crippen LogP contribution in [0.3, 0.4) is 0 Å². The van der Waals surface area contributed by atoms with Gasteiger partial charge < -0.3 is 4.74 Å². The van der Waals surface area contributed by atoms with Crippen molar-refractivity contribution in [2.24, 2.45) is 0 Å². The first kappa shape index (κ1) is 11.3. The number of thioether (sulfide) groups is 1. The third-order valence-corrected chi connectivity index (χ3v) is 4.50. The van der Waals surface area contributed by atoms with Gasteiger partial charge in [0.1, 0.15) is 0 Å². The number of nitrogens with zero attached hydrogens (tertiary/aromatic N) is 3. The van der Waals surface area contributed by atoms with Crippen molar-refractivity contribution in [3.8, 4) is 0 Å². The predicted octanol–water partition coefficient (Wildman–Crippen LogP) is 2.48. The Morgan fingerprint density at radius 3 is 3.26 bits per heavy atom. The Balaban J connectivity index is 1.68. The van der Waals surface area contributed by atoms with Gasteiger partial charge in [0, 0.05) is 12.4 Å². The molecule has 19 heavy (non-hydrogen) atoms. The smallest absolute Gasteiger partial charge is 0.231 e. The van der Waals surface area contributed by atoms with E-state index in [-0.39, 0.29) is 0 Å². The zero-order valence-electron chi connectivity index (χ0n) is 10.4. The molecule has 1 saturated heterocycles. The fourth-order valence-corrected chi connectivity index (χ4v) is 3.50. The van der Waals surface area contributed by atoms with E-state index in [2.05, 4.69) is 25.6 Å². The molecule has 3 aromatic rings. The second-order valence-electron chi connectivity index (χ2n) is 4.71. The first-order chi connectivity index (χ1) is 9.42. The molecule has 1 aromatic carbocycles. The molecule has 98 valence electrons. The molecule has 1 atom stereocenters. The molecule has 0 bridgehead atoms. The van der Waals surface area contributed by atoms with Crippen molar-refractivity contribution in [3.05, 3.63) is 24.3 Å². The second-order valence-corrected chi connectivity index (χ2v) is 5.70. The van der Waals surface area contributed by atoms with E-state index in [4.69, 9.17) is 4.74 Å². The van der Waals surface area contributed by atoms with Crippen LogP contribution in [0, 0.1) is 0 Å². The first-order valence-electron chi connectivity index (χ1n) is 6.48. The van der Waals surface area contributed by atoms with Crippen LogP contribution in [0.4, 0.5) is 0 Å². The van der Waals surface area contributed by atoms with Crippen LogP contribution in [0.15, 0.2) is 29.4 Å². The summed E-state index contributed by atoms with van der Waals surface area (Å²) in [7, 11) is 0. The van der Waals surface area contributed by atoms with Crippen LogP contribution in [0.2, 0.25) is 0 Å². The third kappa shape index (κ3) is 1.91. The molecule has 2 aromatic heterocycles. The standard InChI is InChI=1S/C13H14N4OS/c1-2-6-11-10(5-1)14-12-15-16-13(17(11)12)19-8-9-4-3-7-18-9/h1-2,5-6,9H,3-4,7-8H2,(H,14,15)/t9-/m1/s1. The van der Waals surface area contributed by atoms with Gasteiger partial charge in [-0.1, -0.05) is 23.9 Å². The van der Waals surface area contributed by atoms with Crippen LogP contribution >= 0.6 is 11.8 Å². The molecule has 1 aliphatic heterocycles. The van der Waals surface area contributed by atoms with Crippen molar-refractivity contribution < 1.29 is 4.74 Å². The third-order valence-electron chi connectivity index (χ3n) is 3.43. The maximum absolute atomic E-state index is 5.65. The Morgan fingerprint density at radius 1 is 1.42 bits per heavy atom. The zero-order chi connectivity index (χ0) is 12.7. The summed E-state index contributed by atoms with van der Waals surface area (Å²) in [6.07, 6.45) is 2.70. The predicted molar refractivity (Wildman–Crippen MR) is 74.5 cm³/mol. The molecule has 1 fully saturated rings. The number of ether oxygens (including phenoxy) is 1. The number of imidazole rings is 1. The first-order valence-corrected chi connectivity index (χ1v) is 7.46. The van der Waals surface area contributed by atoms with Crippen molar-refractivity contribution in [1.29, 1.82) is 0 Å². The molecule has 0 spiro atoms. The Kier molecular flexibility index (Phi) is 2.70. The van der Waals surface area contributed by atoms with E-state index in [0.29, 0.717) is 6.10 Å². The summed E-state index contributed by atoms with van der Waals surface area (Å²) in [5, 5.41) is 8.30. The number of nitrogens with one attached hydrogen (secondary N) is 1. The highest BCUT2D eigenvalue weighted by atomic mass is 32.2. The highest BCUT2D eigenvalue weighted by Gasteiger charge is 2.18. The van der Waals surface area contributed by atoms with Crippen molar-refractivity contribution >= 4 is 28.6 Å². The molecule has 6 heteroatoms. The van der Waals surface area contributed by atoms with Gasteiger partial charge in [-0.3, -0.25) is 4.40 Å². The fraction of sp³-hybridized carbons (Fsp3) is 0.385. The molecule has 0 unspecified atom stereocenters. The second kappa shape index (κ2) is 4.54. The Bertz CT molecular complexity index is 714. The quantitative estimate of drug-likeness (QED) is 0.745. The summed E-state index contributed by atoms with van der Waals surface area (Å²) < 4.78 is 7.73. The molecule has 0 amide bonds. The van der Waals surface area contributed by atoms with E-state index in [1.807, 2.05) is 18.2 Å². The topological polar surface area (TPSA) is 55.2 Å². The van der Waals surface area contributed by atoms with Gasteiger partial charge in [-0.2, -0.15) is 0 Å². The molecule has 0 saturated carbocycles. The van der Waals surface area contributed by atoms with Crippen molar-refractivity contribution in [3.63, 3.8) is 0 Å². The van der Waals surface area contributed by atoms with Gasteiger partial charge >= 0.3 is 0 Å². The van der Waals surface area contributed by atoms with Crippen molar-refractivity contribution in [2.45, 2.75) is 24.1 Å². The lowest BCUT2D eigenvalue weighted by Crippen LogP contribution is -2.08. The molecule has 4 rings (SSSR count). The monoisotopic (exact) mass is 274 g/mol. The molecule has 1 N–H and O–H groups in total. The van der Waals surface area contributed by atoms with Crippen LogP contribution in [-0.4, -0.2) is 38.0 Å².